The van der Waals surface area contributed by atoms with Crippen LogP contribution in [-0.2, 0) is 0 Å². The first-order valence-corrected chi connectivity index (χ1v) is 5.80. The van der Waals surface area contributed by atoms with Crippen molar-refractivity contribution in [2.24, 2.45) is 5.92 Å². The fraction of sp³-hybridized carbons (Fsp3) is 0.538. The average molecular weight is 225 g/mol. The van der Waals surface area contributed by atoms with Crippen molar-refractivity contribution >= 4 is 0 Å². The van der Waals surface area contributed by atoms with E-state index in [0.29, 0.717) is 12.5 Å². The Labute approximate surface area is 94.9 Å². The lowest BCUT2D eigenvalue weighted by atomic mass is 10.1. The molecule has 0 radical (unpaired) electrons. The topological polar surface area (TPSA) is 12.0 Å². The van der Waals surface area contributed by atoms with Crippen LogP contribution in [0, 0.1) is 5.92 Å². The fourth-order valence-corrected chi connectivity index (χ4v) is 2.36. The highest BCUT2D eigenvalue weighted by molar-refractivity contribution is 5.26. The Morgan fingerprint density at radius 3 is 2.56 bits per heavy atom. The van der Waals surface area contributed by atoms with Gasteiger partial charge in [-0.05, 0) is 30.4 Å². The lowest BCUT2D eigenvalue weighted by Crippen LogP contribution is -2.37. The Morgan fingerprint density at radius 2 is 2.00 bits per heavy atom. The third kappa shape index (κ3) is 2.40. The Hall–Kier alpha value is -0.960. The van der Waals surface area contributed by atoms with Gasteiger partial charge in [-0.3, -0.25) is 0 Å². The van der Waals surface area contributed by atoms with E-state index in [1.807, 2.05) is 37.3 Å². The van der Waals surface area contributed by atoms with Crippen LogP contribution in [0.3, 0.4) is 0 Å². The van der Waals surface area contributed by atoms with E-state index < -0.39 is 12.5 Å². The molecule has 0 amide bonds. The summed E-state index contributed by atoms with van der Waals surface area (Å²) in [5, 5.41) is 2.89. The summed E-state index contributed by atoms with van der Waals surface area (Å²) in [5.41, 5.74) is 1.19. The minimum atomic E-state index is -2.27. The average Bonchev–Trinajstić information content (AvgIpc) is 3.06. The van der Waals surface area contributed by atoms with Crippen molar-refractivity contribution in [3.05, 3.63) is 35.9 Å². The minimum absolute atomic E-state index is 0.0994. The van der Waals surface area contributed by atoms with Gasteiger partial charge in [0, 0.05) is 0 Å². The molecule has 0 saturated heterocycles. The summed E-state index contributed by atoms with van der Waals surface area (Å²) < 4.78 is 25.6. The van der Waals surface area contributed by atoms with Crippen LogP contribution in [0.15, 0.2) is 30.3 Å². The number of nitrogens with one attached hydrogen (secondary N) is 1. The normalized spacial score (nSPS) is 25.8. The van der Waals surface area contributed by atoms with Crippen LogP contribution in [0.5, 0.6) is 0 Å². The Kier molecular flexibility index (Phi) is 3.54. The molecule has 16 heavy (non-hydrogen) atoms. The van der Waals surface area contributed by atoms with Crippen LogP contribution < -0.4 is 5.32 Å². The summed E-state index contributed by atoms with van der Waals surface area (Å²) in [4.78, 5) is 0. The van der Waals surface area contributed by atoms with E-state index in [2.05, 4.69) is 5.32 Å². The van der Waals surface area contributed by atoms with E-state index in [1.165, 1.54) is 5.56 Å². The standard InChI is InChI=1S/C13H17F2N/c1-2-16-12(13(14)15)11-8-10(11)9-6-4-3-5-7-9/h3-7,10-13,16H,2,8H2,1H3. The monoisotopic (exact) mass is 225 g/mol. The molecule has 1 saturated carbocycles. The van der Waals surface area contributed by atoms with Crippen LogP contribution >= 0.6 is 0 Å². The first kappa shape index (κ1) is 11.5. The van der Waals surface area contributed by atoms with Gasteiger partial charge in [0.15, 0.2) is 0 Å². The van der Waals surface area contributed by atoms with Gasteiger partial charge in [-0.25, -0.2) is 8.78 Å². The largest absolute Gasteiger partial charge is 0.309 e. The summed E-state index contributed by atoms with van der Waals surface area (Å²) in [6.07, 6.45) is -1.38. The molecular weight excluding hydrogens is 208 g/mol. The first-order chi connectivity index (χ1) is 7.74. The number of alkyl halides is 2. The van der Waals surface area contributed by atoms with Crippen molar-refractivity contribution in [2.45, 2.75) is 31.7 Å². The molecule has 88 valence electrons. The summed E-state index contributed by atoms with van der Waals surface area (Å²) in [6, 6.07) is 9.30. The van der Waals surface area contributed by atoms with Gasteiger partial charge in [0.1, 0.15) is 0 Å². The molecule has 2 rings (SSSR count). The number of benzene rings is 1. The van der Waals surface area contributed by atoms with Crippen LogP contribution in [0.25, 0.3) is 0 Å². The summed E-state index contributed by atoms with van der Waals surface area (Å²) in [6.45, 7) is 2.47. The van der Waals surface area contributed by atoms with Crippen LogP contribution in [0.4, 0.5) is 8.78 Å². The van der Waals surface area contributed by atoms with E-state index in [9.17, 15) is 8.78 Å². The molecule has 1 aromatic rings. The molecule has 0 aliphatic heterocycles. The molecular formula is C13H17F2N. The highest BCUT2D eigenvalue weighted by atomic mass is 19.3. The van der Waals surface area contributed by atoms with Gasteiger partial charge in [0.25, 0.3) is 6.43 Å². The van der Waals surface area contributed by atoms with E-state index in [1.54, 1.807) is 0 Å². The molecule has 0 heterocycles. The van der Waals surface area contributed by atoms with Gasteiger partial charge in [-0.15, -0.1) is 0 Å². The molecule has 1 aliphatic rings. The molecule has 1 aliphatic carbocycles. The molecule has 0 aromatic heterocycles. The van der Waals surface area contributed by atoms with Crippen molar-refractivity contribution in [2.75, 3.05) is 6.54 Å². The molecule has 0 spiro atoms. The maximum Gasteiger partial charge on any atom is 0.253 e. The number of halogens is 2. The number of hydrogen-bond acceptors (Lipinski definition) is 1. The third-order valence-corrected chi connectivity index (χ3v) is 3.24. The predicted molar refractivity (Wildman–Crippen MR) is 60.8 cm³/mol. The molecule has 3 atom stereocenters. The lowest BCUT2D eigenvalue weighted by molar-refractivity contribution is 0.0880. The smallest absolute Gasteiger partial charge is 0.253 e. The zero-order valence-corrected chi connectivity index (χ0v) is 9.37. The molecule has 1 aromatic carbocycles. The highest BCUT2D eigenvalue weighted by Gasteiger charge is 2.46. The third-order valence-electron chi connectivity index (χ3n) is 3.24. The van der Waals surface area contributed by atoms with Gasteiger partial charge >= 0.3 is 0 Å². The quantitative estimate of drug-likeness (QED) is 0.812. The molecule has 0 bridgehead atoms. The Bertz CT molecular complexity index is 326. The summed E-state index contributed by atoms with van der Waals surface area (Å²) in [7, 11) is 0. The lowest BCUT2D eigenvalue weighted by Gasteiger charge is -2.16. The first-order valence-electron chi connectivity index (χ1n) is 5.80. The summed E-state index contributed by atoms with van der Waals surface area (Å²) >= 11 is 0. The van der Waals surface area contributed by atoms with E-state index in [-0.39, 0.29) is 5.92 Å². The molecule has 1 nitrogen and oxygen atoms in total. The molecule has 3 unspecified atom stereocenters. The molecule has 1 N–H and O–H groups in total. The van der Waals surface area contributed by atoms with Crippen LogP contribution in [0.2, 0.25) is 0 Å². The van der Waals surface area contributed by atoms with Gasteiger partial charge in [0.05, 0.1) is 6.04 Å². The Morgan fingerprint density at radius 1 is 1.31 bits per heavy atom. The van der Waals surface area contributed by atoms with Gasteiger partial charge < -0.3 is 5.32 Å². The number of hydrogen-bond donors (Lipinski definition) is 1. The molecule has 1 fully saturated rings. The second-order valence-electron chi connectivity index (χ2n) is 4.33. The van der Waals surface area contributed by atoms with Crippen LogP contribution in [0.1, 0.15) is 24.8 Å². The minimum Gasteiger partial charge on any atom is -0.309 e. The fourth-order valence-electron chi connectivity index (χ4n) is 2.36. The maximum absolute atomic E-state index is 12.8. The van der Waals surface area contributed by atoms with Crippen LogP contribution in [-0.4, -0.2) is 19.0 Å². The van der Waals surface area contributed by atoms with Crippen molar-refractivity contribution < 1.29 is 8.78 Å². The van der Waals surface area contributed by atoms with Crippen molar-refractivity contribution in [1.29, 1.82) is 0 Å². The number of rotatable bonds is 5. The molecule has 3 heteroatoms. The van der Waals surface area contributed by atoms with E-state index in [0.717, 1.165) is 6.42 Å². The Balaban J connectivity index is 1.99. The zero-order chi connectivity index (χ0) is 11.5. The predicted octanol–water partition coefficient (Wildman–Crippen LogP) is 3.03. The highest BCUT2D eigenvalue weighted by Crippen LogP contribution is 2.50. The van der Waals surface area contributed by atoms with Crippen molar-refractivity contribution in [3.8, 4) is 0 Å². The maximum atomic E-state index is 12.8. The SMILES string of the molecule is CCNC(C(F)F)C1CC1c1ccccc1. The summed E-state index contributed by atoms with van der Waals surface area (Å²) in [5.74, 6) is 0.418. The van der Waals surface area contributed by atoms with Crippen molar-refractivity contribution in [1.82, 2.24) is 5.32 Å². The van der Waals surface area contributed by atoms with Gasteiger partial charge in [-0.2, -0.15) is 0 Å². The van der Waals surface area contributed by atoms with E-state index >= 15 is 0 Å². The zero-order valence-electron chi connectivity index (χ0n) is 9.37. The second-order valence-corrected chi connectivity index (χ2v) is 4.33. The van der Waals surface area contributed by atoms with Crippen molar-refractivity contribution in [3.63, 3.8) is 0 Å². The van der Waals surface area contributed by atoms with Gasteiger partial charge in [0.2, 0.25) is 0 Å². The van der Waals surface area contributed by atoms with Gasteiger partial charge in [-0.1, -0.05) is 37.3 Å². The second kappa shape index (κ2) is 4.91. The van der Waals surface area contributed by atoms with E-state index in [4.69, 9.17) is 0 Å².